The summed E-state index contributed by atoms with van der Waals surface area (Å²) in [6.45, 7) is 3.90. The molecule has 1 amide bonds. The molecule has 2 aliphatic rings. The highest BCUT2D eigenvalue weighted by Gasteiger charge is 2.41. The highest BCUT2D eigenvalue weighted by atomic mass is 16.5. The van der Waals surface area contributed by atoms with Gasteiger partial charge in [0.25, 0.3) is 11.8 Å². The molecular formula is C20H26N4O3. The van der Waals surface area contributed by atoms with E-state index >= 15 is 0 Å². The van der Waals surface area contributed by atoms with E-state index in [-0.39, 0.29) is 11.3 Å². The van der Waals surface area contributed by atoms with Crippen LogP contribution in [0.2, 0.25) is 0 Å². The Hall–Kier alpha value is -2.41. The Labute approximate surface area is 159 Å². The molecule has 1 spiro atoms. The number of carbonyl (C=O) groups is 1. The SMILES string of the molecule is COCCN1CC2(CCC1=O)CCN(c1noc(-c3ccccc3)n1)CC2. The smallest absolute Gasteiger partial charge is 0.266 e. The fraction of sp³-hybridized carbons (Fsp3) is 0.550. The summed E-state index contributed by atoms with van der Waals surface area (Å²) in [4.78, 5) is 20.9. The third kappa shape index (κ3) is 3.83. The Morgan fingerprint density at radius 3 is 2.70 bits per heavy atom. The first-order valence-electron chi connectivity index (χ1n) is 9.60. The number of anilines is 1. The summed E-state index contributed by atoms with van der Waals surface area (Å²) in [5.74, 6) is 1.47. The topological polar surface area (TPSA) is 71.7 Å². The lowest BCUT2D eigenvalue weighted by atomic mass is 9.72. The first kappa shape index (κ1) is 18.0. The van der Waals surface area contributed by atoms with Gasteiger partial charge in [-0.05, 0) is 42.0 Å². The van der Waals surface area contributed by atoms with E-state index in [1.54, 1.807) is 7.11 Å². The van der Waals surface area contributed by atoms with Gasteiger partial charge in [-0.25, -0.2) is 0 Å². The Morgan fingerprint density at radius 1 is 1.19 bits per heavy atom. The van der Waals surface area contributed by atoms with Crippen molar-refractivity contribution in [2.24, 2.45) is 5.41 Å². The van der Waals surface area contributed by atoms with Gasteiger partial charge in [-0.15, -0.1) is 0 Å². The van der Waals surface area contributed by atoms with Gasteiger partial charge in [0.1, 0.15) is 0 Å². The maximum absolute atomic E-state index is 12.2. The summed E-state index contributed by atoms with van der Waals surface area (Å²) in [5, 5.41) is 4.18. The quantitative estimate of drug-likeness (QED) is 0.806. The number of hydrogen-bond donors (Lipinski definition) is 0. The molecule has 27 heavy (non-hydrogen) atoms. The molecule has 4 rings (SSSR count). The number of benzene rings is 1. The maximum atomic E-state index is 12.2. The average Bonchev–Trinajstić information content (AvgIpc) is 3.20. The van der Waals surface area contributed by atoms with Crippen molar-refractivity contribution in [1.29, 1.82) is 0 Å². The average molecular weight is 370 g/mol. The minimum atomic E-state index is 0.212. The number of aromatic nitrogens is 2. The van der Waals surface area contributed by atoms with Gasteiger partial charge < -0.3 is 19.1 Å². The molecule has 7 heteroatoms. The molecule has 1 aromatic heterocycles. The van der Waals surface area contributed by atoms with Gasteiger partial charge in [-0.3, -0.25) is 4.79 Å². The number of carbonyl (C=O) groups excluding carboxylic acids is 1. The second kappa shape index (κ2) is 7.68. The van der Waals surface area contributed by atoms with Crippen LogP contribution in [0.25, 0.3) is 11.5 Å². The van der Waals surface area contributed by atoms with Gasteiger partial charge in [0, 0.05) is 45.3 Å². The number of piperidine rings is 2. The van der Waals surface area contributed by atoms with Crippen LogP contribution in [0.15, 0.2) is 34.9 Å². The van der Waals surface area contributed by atoms with E-state index in [2.05, 4.69) is 15.0 Å². The van der Waals surface area contributed by atoms with Crippen molar-refractivity contribution in [1.82, 2.24) is 15.0 Å². The lowest BCUT2D eigenvalue weighted by Gasteiger charge is -2.47. The summed E-state index contributed by atoms with van der Waals surface area (Å²) >= 11 is 0. The fourth-order valence-corrected chi connectivity index (χ4v) is 4.14. The molecule has 0 atom stereocenters. The van der Waals surface area contributed by atoms with E-state index < -0.39 is 0 Å². The second-order valence-electron chi connectivity index (χ2n) is 7.56. The van der Waals surface area contributed by atoms with Gasteiger partial charge >= 0.3 is 0 Å². The van der Waals surface area contributed by atoms with Gasteiger partial charge in [0.05, 0.1) is 6.61 Å². The van der Waals surface area contributed by atoms with E-state index in [1.165, 1.54) is 0 Å². The Balaban J connectivity index is 1.39. The highest BCUT2D eigenvalue weighted by Crippen LogP contribution is 2.40. The van der Waals surface area contributed by atoms with Crippen molar-refractivity contribution < 1.29 is 14.1 Å². The zero-order valence-corrected chi connectivity index (χ0v) is 15.8. The normalized spacial score (nSPS) is 19.7. The van der Waals surface area contributed by atoms with Crippen molar-refractivity contribution in [2.45, 2.75) is 25.7 Å². The molecular weight excluding hydrogens is 344 g/mol. The zero-order valence-electron chi connectivity index (χ0n) is 15.8. The van der Waals surface area contributed by atoms with Gasteiger partial charge in [0.15, 0.2) is 0 Å². The molecule has 0 bridgehead atoms. The number of methoxy groups -OCH3 is 1. The number of ether oxygens (including phenoxy) is 1. The van der Waals surface area contributed by atoms with Crippen molar-refractivity contribution in [3.63, 3.8) is 0 Å². The Morgan fingerprint density at radius 2 is 1.96 bits per heavy atom. The minimum absolute atomic E-state index is 0.212. The summed E-state index contributed by atoms with van der Waals surface area (Å²) < 4.78 is 10.6. The van der Waals surface area contributed by atoms with E-state index in [0.717, 1.165) is 44.5 Å². The largest absolute Gasteiger partial charge is 0.383 e. The number of amides is 1. The summed E-state index contributed by atoms with van der Waals surface area (Å²) in [7, 11) is 1.68. The standard InChI is InChI=1S/C20H26N4O3/c1-26-14-13-24-15-20(8-7-17(24)25)9-11-23(12-10-20)19-21-18(27-22-19)16-5-3-2-4-6-16/h2-6H,7-15H2,1H3. The first-order valence-corrected chi connectivity index (χ1v) is 9.60. The van der Waals surface area contributed by atoms with E-state index in [1.807, 2.05) is 35.2 Å². The predicted octanol–water partition coefficient (Wildman–Crippen LogP) is 2.59. The molecule has 144 valence electrons. The van der Waals surface area contributed by atoms with E-state index in [4.69, 9.17) is 9.26 Å². The molecule has 0 radical (unpaired) electrons. The second-order valence-corrected chi connectivity index (χ2v) is 7.56. The third-order valence-electron chi connectivity index (χ3n) is 5.86. The molecule has 2 saturated heterocycles. The Bertz CT molecular complexity index is 769. The van der Waals surface area contributed by atoms with Crippen LogP contribution >= 0.6 is 0 Å². The zero-order chi connectivity index (χ0) is 18.7. The molecule has 0 aliphatic carbocycles. The van der Waals surface area contributed by atoms with Crippen LogP contribution in [0.5, 0.6) is 0 Å². The number of likely N-dealkylation sites (tertiary alicyclic amines) is 1. The fourth-order valence-electron chi connectivity index (χ4n) is 4.14. The van der Waals surface area contributed by atoms with Gasteiger partial charge in [0.2, 0.25) is 5.91 Å². The van der Waals surface area contributed by atoms with Crippen LogP contribution in [0, 0.1) is 5.41 Å². The monoisotopic (exact) mass is 370 g/mol. The first-order chi connectivity index (χ1) is 13.2. The lowest BCUT2D eigenvalue weighted by Crippen LogP contribution is -2.52. The Kier molecular flexibility index (Phi) is 5.11. The van der Waals surface area contributed by atoms with Crippen LogP contribution in [0.3, 0.4) is 0 Å². The molecule has 3 heterocycles. The van der Waals surface area contributed by atoms with Gasteiger partial charge in [-0.2, -0.15) is 4.98 Å². The molecule has 0 N–H and O–H groups in total. The predicted molar refractivity (Wildman–Crippen MR) is 101 cm³/mol. The molecule has 7 nitrogen and oxygen atoms in total. The van der Waals surface area contributed by atoms with Crippen LogP contribution in [0.1, 0.15) is 25.7 Å². The van der Waals surface area contributed by atoms with Crippen molar-refractivity contribution >= 4 is 11.9 Å². The van der Waals surface area contributed by atoms with E-state index in [0.29, 0.717) is 31.4 Å². The van der Waals surface area contributed by atoms with Crippen LogP contribution in [0.4, 0.5) is 5.95 Å². The minimum Gasteiger partial charge on any atom is -0.383 e. The van der Waals surface area contributed by atoms with Crippen LogP contribution in [-0.4, -0.2) is 60.8 Å². The number of hydrogen-bond acceptors (Lipinski definition) is 6. The molecule has 1 aromatic carbocycles. The summed E-state index contributed by atoms with van der Waals surface area (Å²) in [6, 6.07) is 9.83. The van der Waals surface area contributed by atoms with Crippen molar-refractivity contribution in [3.8, 4) is 11.5 Å². The van der Waals surface area contributed by atoms with Crippen molar-refractivity contribution in [2.75, 3.05) is 44.8 Å². The summed E-state index contributed by atoms with van der Waals surface area (Å²) in [5.41, 5.74) is 1.15. The van der Waals surface area contributed by atoms with Gasteiger partial charge in [-0.1, -0.05) is 18.2 Å². The number of nitrogens with zero attached hydrogens (tertiary/aromatic N) is 4. The van der Waals surface area contributed by atoms with Crippen molar-refractivity contribution in [3.05, 3.63) is 30.3 Å². The highest BCUT2D eigenvalue weighted by molar-refractivity contribution is 5.77. The maximum Gasteiger partial charge on any atom is 0.266 e. The summed E-state index contributed by atoms with van der Waals surface area (Å²) in [6.07, 6.45) is 3.70. The van der Waals surface area contributed by atoms with E-state index in [9.17, 15) is 4.79 Å². The molecule has 2 aromatic rings. The number of rotatable bonds is 5. The molecule has 2 aliphatic heterocycles. The lowest BCUT2D eigenvalue weighted by molar-refractivity contribution is -0.139. The van der Waals surface area contributed by atoms with Crippen LogP contribution < -0.4 is 4.90 Å². The molecule has 2 fully saturated rings. The molecule has 0 unspecified atom stereocenters. The van der Waals surface area contributed by atoms with Crippen LogP contribution in [-0.2, 0) is 9.53 Å². The third-order valence-corrected chi connectivity index (χ3v) is 5.86. The molecule has 0 saturated carbocycles.